The van der Waals surface area contributed by atoms with Crippen molar-refractivity contribution in [2.45, 2.75) is 19.4 Å². The van der Waals surface area contributed by atoms with Crippen molar-refractivity contribution < 1.29 is 19.4 Å². The molecule has 0 saturated heterocycles. The average molecular weight is 474 g/mol. The summed E-state index contributed by atoms with van der Waals surface area (Å²) in [4.78, 5) is 25.9. The smallest absolute Gasteiger partial charge is 0.319 e. The summed E-state index contributed by atoms with van der Waals surface area (Å²) in [6.07, 6.45) is 3.31. The summed E-state index contributed by atoms with van der Waals surface area (Å²) in [7, 11) is 3.14. The third-order valence-corrected chi connectivity index (χ3v) is 5.52. The molecule has 3 N–H and O–H groups in total. The summed E-state index contributed by atoms with van der Waals surface area (Å²) in [6.45, 7) is 2.03. The lowest BCUT2D eigenvalue weighted by atomic mass is 9.98. The van der Waals surface area contributed by atoms with Gasteiger partial charge in [-0.25, -0.2) is 19.7 Å². The normalized spacial score (nSPS) is 11.7. The molecule has 9 heteroatoms. The van der Waals surface area contributed by atoms with Crippen LogP contribution in [0.4, 0.5) is 10.5 Å². The maximum atomic E-state index is 12.3. The van der Waals surface area contributed by atoms with Gasteiger partial charge in [0.05, 0.1) is 37.1 Å². The number of amides is 2. The lowest BCUT2D eigenvalue weighted by Gasteiger charge is -2.15. The monoisotopic (exact) mass is 473 g/mol. The highest BCUT2D eigenvalue weighted by Crippen LogP contribution is 2.39. The summed E-state index contributed by atoms with van der Waals surface area (Å²) < 4.78 is 11.0. The molecule has 180 valence electrons. The third kappa shape index (κ3) is 5.30. The number of ether oxygens (including phenoxy) is 2. The van der Waals surface area contributed by atoms with Crippen molar-refractivity contribution in [3.05, 3.63) is 60.9 Å². The first kappa shape index (κ1) is 23.9. The Balaban J connectivity index is 1.81. The third-order valence-electron chi connectivity index (χ3n) is 5.52. The summed E-state index contributed by atoms with van der Waals surface area (Å²) >= 11 is 0. The number of aliphatic hydroxyl groups excluding tert-OH is 1. The predicted octanol–water partition coefficient (Wildman–Crippen LogP) is 4.27. The van der Waals surface area contributed by atoms with Gasteiger partial charge in [-0.3, -0.25) is 0 Å². The van der Waals surface area contributed by atoms with Gasteiger partial charge in [-0.2, -0.15) is 0 Å². The molecule has 9 nitrogen and oxygen atoms in total. The van der Waals surface area contributed by atoms with Gasteiger partial charge in [-0.05, 0) is 55.0 Å². The SMILES string of the molecule is CCC(O)CNC(=O)Nc1ccc2nc(-c3cccnc3OC)c(-c3cccnc3OC)cc2c1. The Morgan fingerprint density at radius 3 is 2.34 bits per heavy atom. The number of nitrogens with zero attached hydrogens (tertiary/aromatic N) is 3. The molecular weight excluding hydrogens is 446 g/mol. The molecule has 1 atom stereocenters. The fourth-order valence-electron chi connectivity index (χ4n) is 3.69. The number of carbonyl (C=O) groups is 1. The molecule has 0 saturated carbocycles. The number of aromatic nitrogens is 3. The Kier molecular flexibility index (Phi) is 7.37. The molecule has 0 bridgehead atoms. The summed E-state index contributed by atoms with van der Waals surface area (Å²) in [5, 5.41) is 16.0. The van der Waals surface area contributed by atoms with Gasteiger partial charge in [0, 0.05) is 41.1 Å². The number of benzene rings is 1. The molecule has 0 aliphatic heterocycles. The second-order valence-electron chi connectivity index (χ2n) is 7.81. The van der Waals surface area contributed by atoms with Gasteiger partial charge in [0.15, 0.2) is 0 Å². The molecule has 1 unspecified atom stereocenters. The molecule has 1 aromatic carbocycles. The van der Waals surface area contributed by atoms with Crippen LogP contribution in [0.2, 0.25) is 0 Å². The maximum Gasteiger partial charge on any atom is 0.319 e. The Morgan fingerprint density at radius 1 is 0.971 bits per heavy atom. The van der Waals surface area contributed by atoms with E-state index in [9.17, 15) is 9.90 Å². The van der Waals surface area contributed by atoms with Crippen LogP contribution in [0.1, 0.15) is 13.3 Å². The molecule has 3 aromatic heterocycles. The van der Waals surface area contributed by atoms with Crippen LogP contribution in [-0.4, -0.2) is 53.0 Å². The fraction of sp³-hybridized carbons (Fsp3) is 0.231. The van der Waals surface area contributed by atoms with E-state index in [-0.39, 0.29) is 6.54 Å². The number of hydrogen-bond donors (Lipinski definition) is 3. The Hall–Kier alpha value is -4.24. The quantitative estimate of drug-likeness (QED) is 0.350. The van der Waals surface area contributed by atoms with E-state index in [1.807, 2.05) is 49.4 Å². The number of fused-ring (bicyclic) bond motifs is 1. The zero-order valence-electron chi connectivity index (χ0n) is 19.8. The second-order valence-corrected chi connectivity index (χ2v) is 7.81. The standard InChI is InChI=1S/C26H27N5O4/c1-4-18(32)15-29-26(33)30-17-9-10-22-16(13-17)14-21(19-7-5-11-27-24(19)34-2)23(31-22)20-8-6-12-28-25(20)35-3/h5-14,18,32H,4,15H2,1-3H3,(H2,29,30,33). The highest BCUT2D eigenvalue weighted by atomic mass is 16.5. The van der Waals surface area contributed by atoms with Gasteiger partial charge < -0.3 is 25.2 Å². The molecule has 0 aliphatic rings. The number of hydrogen-bond acceptors (Lipinski definition) is 7. The molecule has 0 spiro atoms. The lowest BCUT2D eigenvalue weighted by molar-refractivity contribution is 0.168. The van der Waals surface area contributed by atoms with E-state index in [1.165, 1.54) is 0 Å². The first-order valence-electron chi connectivity index (χ1n) is 11.2. The molecule has 2 amide bonds. The fourth-order valence-corrected chi connectivity index (χ4v) is 3.69. The lowest BCUT2D eigenvalue weighted by Crippen LogP contribution is -2.34. The van der Waals surface area contributed by atoms with Crippen LogP contribution in [-0.2, 0) is 0 Å². The number of carbonyl (C=O) groups excluding carboxylic acids is 1. The van der Waals surface area contributed by atoms with Crippen molar-refractivity contribution in [2.75, 3.05) is 26.1 Å². The number of aliphatic hydroxyl groups is 1. The van der Waals surface area contributed by atoms with Crippen molar-refractivity contribution >= 4 is 22.6 Å². The van der Waals surface area contributed by atoms with Gasteiger partial charge in [0.2, 0.25) is 11.8 Å². The highest BCUT2D eigenvalue weighted by Gasteiger charge is 2.19. The predicted molar refractivity (Wildman–Crippen MR) is 135 cm³/mol. The van der Waals surface area contributed by atoms with E-state index < -0.39 is 12.1 Å². The van der Waals surface area contributed by atoms with Crippen molar-refractivity contribution in [1.29, 1.82) is 0 Å². The number of urea groups is 1. The van der Waals surface area contributed by atoms with E-state index in [4.69, 9.17) is 14.5 Å². The number of rotatable bonds is 8. The Morgan fingerprint density at radius 2 is 1.66 bits per heavy atom. The van der Waals surface area contributed by atoms with Gasteiger partial charge in [-0.1, -0.05) is 6.92 Å². The molecule has 35 heavy (non-hydrogen) atoms. The van der Waals surface area contributed by atoms with E-state index in [2.05, 4.69) is 20.6 Å². The van der Waals surface area contributed by atoms with Gasteiger partial charge in [0.25, 0.3) is 0 Å². The van der Waals surface area contributed by atoms with Crippen LogP contribution in [0.15, 0.2) is 60.9 Å². The van der Waals surface area contributed by atoms with Crippen LogP contribution in [0.25, 0.3) is 33.3 Å². The van der Waals surface area contributed by atoms with E-state index in [0.29, 0.717) is 29.6 Å². The minimum Gasteiger partial charge on any atom is -0.481 e. The van der Waals surface area contributed by atoms with Crippen LogP contribution in [0.5, 0.6) is 11.8 Å². The van der Waals surface area contributed by atoms with Crippen LogP contribution in [0, 0.1) is 0 Å². The van der Waals surface area contributed by atoms with Gasteiger partial charge in [0.1, 0.15) is 0 Å². The Bertz CT molecular complexity index is 1340. The zero-order valence-corrected chi connectivity index (χ0v) is 19.8. The molecule has 0 radical (unpaired) electrons. The number of methoxy groups -OCH3 is 2. The minimum atomic E-state index is -0.582. The maximum absolute atomic E-state index is 12.3. The zero-order chi connectivity index (χ0) is 24.8. The van der Waals surface area contributed by atoms with Crippen LogP contribution >= 0.6 is 0 Å². The largest absolute Gasteiger partial charge is 0.481 e. The molecule has 4 aromatic rings. The summed E-state index contributed by atoms with van der Waals surface area (Å²) in [6, 6.07) is 14.5. The molecule has 0 aliphatic carbocycles. The molecule has 0 fully saturated rings. The number of pyridine rings is 3. The average Bonchev–Trinajstić information content (AvgIpc) is 2.90. The molecular formula is C26H27N5O4. The van der Waals surface area contributed by atoms with Crippen molar-refractivity contribution in [1.82, 2.24) is 20.3 Å². The topological polar surface area (TPSA) is 118 Å². The second kappa shape index (κ2) is 10.8. The van der Waals surface area contributed by atoms with E-state index in [0.717, 1.165) is 27.6 Å². The van der Waals surface area contributed by atoms with Crippen molar-refractivity contribution in [3.63, 3.8) is 0 Å². The molecule has 4 rings (SSSR count). The summed E-state index contributed by atoms with van der Waals surface area (Å²) in [5.74, 6) is 0.911. The highest BCUT2D eigenvalue weighted by molar-refractivity contribution is 5.97. The van der Waals surface area contributed by atoms with Crippen molar-refractivity contribution in [3.8, 4) is 34.1 Å². The van der Waals surface area contributed by atoms with E-state index >= 15 is 0 Å². The van der Waals surface area contributed by atoms with E-state index in [1.54, 1.807) is 32.7 Å². The first-order chi connectivity index (χ1) is 17.0. The summed E-state index contributed by atoms with van der Waals surface area (Å²) in [5.41, 5.74) is 4.26. The van der Waals surface area contributed by atoms with Crippen LogP contribution in [0.3, 0.4) is 0 Å². The molecule has 3 heterocycles. The first-order valence-corrected chi connectivity index (χ1v) is 11.2. The minimum absolute atomic E-state index is 0.179. The van der Waals surface area contributed by atoms with Gasteiger partial charge >= 0.3 is 6.03 Å². The van der Waals surface area contributed by atoms with Gasteiger partial charge in [-0.15, -0.1) is 0 Å². The number of nitrogens with one attached hydrogen (secondary N) is 2. The Labute approximate surface area is 203 Å². The number of anilines is 1. The van der Waals surface area contributed by atoms with Crippen molar-refractivity contribution in [2.24, 2.45) is 0 Å². The van der Waals surface area contributed by atoms with Crippen LogP contribution < -0.4 is 20.1 Å².